The van der Waals surface area contributed by atoms with Gasteiger partial charge in [0.15, 0.2) is 0 Å². The zero-order valence-electron chi connectivity index (χ0n) is 10.5. The van der Waals surface area contributed by atoms with E-state index in [-0.39, 0.29) is 11.9 Å². The van der Waals surface area contributed by atoms with E-state index in [0.29, 0.717) is 17.0 Å². The SMILES string of the molecule is Cc1cc(C(N)C2CCCOC2)cc(C)c1F. The van der Waals surface area contributed by atoms with Crippen LogP contribution in [0, 0.1) is 25.6 Å². The Balaban J connectivity index is 2.21. The molecule has 0 spiro atoms. The molecule has 1 aliphatic heterocycles. The molecular weight excluding hydrogens is 217 g/mol. The summed E-state index contributed by atoms with van der Waals surface area (Å²) in [5, 5.41) is 0. The van der Waals surface area contributed by atoms with Gasteiger partial charge in [-0.05, 0) is 43.4 Å². The van der Waals surface area contributed by atoms with Gasteiger partial charge in [0.1, 0.15) is 5.82 Å². The highest BCUT2D eigenvalue weighted by Gasteiger charge is 2.23. The molecular formula is C14H20FNO. The van der Waals surface area contributed by atoms with E-state index in [1.54, 1.807) is 13.8 Å². The first kappa shape index (κ1) is 12.5. The van der Waals surface area contributed by atoms with E-state index in [0.717, 1.165) is 31.6 Å². The summed E-state index contributed by atoms with van der Waals surface area (Å²) in [6.45, 7) is 5.13. The molecule has 0 aliphatic carbocycles. The second-order valence-corrected chi connectivity index (χ2v) is 4.97. The van der Waals surface area contributed by atoms with E-state index in [1.165, 1.54) is 0 Å². The minimum absolute atomic E-state index is 0.0479. The molecule has 1 heterocycles. The number of hydrogen-bond donors (Lipinski definition) is 1. The molecule has 2 unspecified atom stereocenters. The first-order valence-electron chi connectivity index (χ1n) is 6.19. The molecule has 0 bridgehead atoms. The molecule has 0 aromatic heterocycles. The molecule has 2 nitrogen and oxygen atoms in total. The maximum absolute atomic E-state index is 13.6. The van der Waals surface area contributed by atoms with E-state index in [1.807, 2.05) is 12.1 Å². The zero-order valence-corrected chi connectivity index (χ0v) is 10.5. The predicted octanol–water partition coefficient (Wildman–Crippen LogP) is 2.87. The fourth-order valence-electron chi connectivity index (χ4n) is 2.49. The third-order valence-corrected chi connectivity index (χ3v) is 3.55. The van der Waals surface area contributed by atoms with Gasteiger partial charge in [0.25, 0.3) is 0 Å². The Morgan fingerprint density at radius 2 is 2.00 bits per heavy atom. The summed E-state index contributed by atoms with van der Waals surface area (Å²) < 4.78 is 19.0. The van der Waals surface area contributed by atoms with E-state index >= 15 is 0 Å². The lowest BCUT2D eigenvalue weighted by atomic mass is 9.88. The number of ether oxygens (including phenoxy) is 1. The van der Waals surface area contributed by atoms with Crippen molar-refractivity contribution in [2.45, 2.75) is 32.7 Å². The van der Waals surface area contributed by atoms with E-state index in [4.69, 9.17) is 10.5 Å². The van der Waals surface area contributed by atoms with Crippen molar-refractivity contribution in [3.63, 3.8) is 0 Å². The molecule has 2 N–H and O–H groups in total. The average molecular weight is 237 g/mol. The maximum atomic E-state index is 13.6. The van der Waals surface area contributed by atoms with Crippen molar-refractivity contribution in [2.24, 2.45) is 11.7 Å². The van der Waals surface area contributed by atoms with Crippen LogP contribution in [0.2, 0.25) is 0 Å². The third kappa shape index (κ3) is 2.67. The van der Waals surface area contributed by atoms with Crippen molar-refractivity contribution < 1.29 is 9.13 Å². The van der Waals surface area contributed by atoms with Gasteiger partial charge in [0.05, 0.1) is 6.61 Å². The third-order valence-electron chi connectivity index (χ3n) is 3.55. The number of hydrogen-bond acceptors (Lipinski definition) is 2. The molecule has 2 rings (SSSR count). The Labute approximate surface area is 102 Å². The smallest absolute Gasteiger partial charge is 0.129 e. The second-order valence-electron chi connectivity index (χ2n) is 4.97. The molecule has 0 radical (unpaired) electrons. The average Bonchev–Trinajstić information content (AvgIpc) is 2.35. The van der Waals surface area contributed by atoms with Crippen molar-refractivity contribution >= 4 is 0 Å². The molecule has 0 saturated carbocycles. The van der Waals surface area contributed by atoms with Crippen LogP contribution in [0.15, 0.2) is 12.1 Å². The van der Waals surface area contributed by atoms with Crippen LogP contribution in [0.1, 0.15) is 35.6 Å². The van der Waals surface area contributed by atoms with Gasteiger partial charge in [-0.2, -0.15) is 0 Å². The summed E-state index contributed by atoms with van der Waals surface area (Å²) in [5.74, 6) is 0.230. The van der Waals surface area contributed by atoms with Crippen molar-refractivity contribution in [2.75, 3.05) is 13.2 Å². The molecule has 94 valence electrons. The molecule has 1 fully saturated rings. The normalized spacial score (nSPS) is 22.5. The Bertz CT molecular complexity index is 376. The standard InChI is InChI=1S/C14H20FNO/c1-9-6-12(7-10(2)13(9)15)14(16)11-4-3-5-17-8-11/h6-7,11,14H,3-5,8,16H2,1-2H3. The molecule has 1 saturated heterocycles. The minimum atomic E-state index is -0.124. The van der Waals surface area contributed by atoms with Crippen LogP contribution >= 0.6 is 0 Å². The Hall–Kier alpha value is -0.930. The monoisotopic (exact) mass is 237 g/mol. The first-order chi connectivity index (χ1) is 8.09. The number of rotatable bonds is 2. The predicted molar refractivity (Wildman–Crippen MR) is 66.3 cm³/mol. The number of benzene rings is 1. The Morgan fingerprint density at radius 1 is 1.35 bits per heavy atom. The summed E-state index contributed by atoms with van der Waals surface area (Å²) in [7, 11) is 0. The molecule has 2 atom stereocenters. The van der Waals surface area contributed by atoms with Crippen LogP contribution < -0.4 is 5.73 Å². The topological polar surface area (TPSA) is 35.2 Å². The fourth-order valence-corrected chi connectivity index (χ4v) is 2.49. The van der Waals surface area contributed by atoms with Crippen LogP contribution in [0.3, 0.4) is 0 Å². The molecule has 3 heteroatoms. The summed E-state index contributed by atoms with van der Waals surface area (Å²) in [6, 6.07) is 3.68. The van der Waals surface area contributed by atoms with Crippen molar-refractivity contribution in [1.82, 2.24) is 0 Å². The zero-order chi connectivity index (χ0) is 12.4. The molecule has 1 aromatic carbocycles. The first-order valence-corrected chi connectivity index (χ1v) is 6.19. The molecule has 1 aromatic rings. The van der Waals surface area contributed by atoms with E-state index in [2.05, 4.69) is 0 Å². The van der Waals surface area contributed by atoms with Crippen LogP contribution in [0.5, 0.6) is 0 Å². The van der Waals surface area contributed by atoms with Gasteiger partial charge in [0, 0.05) is 18.6 Å². The summed E-state index contributed by atoms with van der Waals surface area (Å²) in [4.78, 5) is 0. The molecule has 0 amide bonds. The summed E-state index contributed by atoms with van der Waals surface area (Å²) >= 11 is 0. The largest absolute Gasteiger partial charge is 0.381 e. The summed E-state index contributed by atoms with van der Waals surface area (Å²) in [5.41, 5.74) is 8.63. The van der Waals surface area contributed by atoms with E-state index < -0.39 is 0 Å². The summed E-state index contributed by atoms with van der Waals surface area (Å²) in [6.07, 6.45) is 2.16. The van der Waals surface area contributed by atoms with E-state index in [9.17, 15) is 4.39 Å². The minimum Gasteiger partial charge on any atom is -0.381 e. The number of nitrogens with two attached hydrogens (primary N) is 1. The molecule has 1 aliphatic rings. The van der Waals surface area contributed by atoms with Gasteiger partial charge < -0.3 is 10.5 Å². The van der Waals surface area contributed by atoms with Crippen molar-refractivity contribution in [1.29, 1.82) is 0 Å². The van der Waals surface area contributed by atoms with Crippen LogP contribution in [-0.2, 0) is 4.74 Å². The van der Waals surface area contributed by atoms with Crippen LogP contribution in [-0.4, -0.2) is 13.2 Å². The highest BCUT2D eigenvalue weighted by molar-refractivity contribution is 5.32. The highest BCUT2D eigenvalue weighted by Crippen LogP contribution is 2.28. The highest BCUT2D eigenvalue weighted by atomic mass is 19.1. The van der Waals surface area contributed by atoms with Crippen LogP contribution in [0.25, 0.3) is 0 Å². The quantitative estimate of drug-likeness (QED) is 0.858. The Kier molecular flexibility index (Phi) is 3.79. The Morgan fingerprint density at radius 3 is 2.53 bits per heavy atom. The number of aryl methyl sites for hydroxylation is 2. The lowest BCUT2D eigenvalue weighted by molar-refractivity contribution is 0.0447. The van der Waals surface area contributed by atoms with Gasteiger partial charge in [-0.3, -0.25) is 0 Å². The fraction of sp³-hybridized carbons (Fsp3) is 0.571. The molecule has 17 heavy (non-hydrogen) atoms. The maximum Gasteiger partial charge on any atom is 0.129 e. The van der Waals surface area contributed by atoms with Gasteiger partial charge in [-0.25, -0.2) is 4.39 Å². The van der Waals surface area contributed by atoms with Gasteiger partial charge in [-0.1, -0.05) is 12.1 Å². The van der Waals surface area contributed by atoms with Gasteiger partial charge in [-0.15, -0.1) is 0 Å². The number of halogens is 1. The lowest BCUT2D eigenvalue weighted by Crippen LogP contribution is -2.29. The van der Waals surface area contributed by atoms with Crippen molar-refractivity contribution in [3.05, 3.63) is 34.6 Å². The van der Waals surface area contributed by atoms with Gasteiger partial charge in [0.2, 0.25) is 0 Å². The second kappa shape index (κ2) is 5.15. The van der Waals surface area contributed by atoms with Crippen molar-refractivity contribution in [3.8, 4) is 0 Å². The van der Waals surface area contributed by atoms with Gasteiger partial charge >= 0.3 is 0 Å². The van der Waals surface area contributed by atoms with Crippen LogP contribution in [0.4, 0.5) is 4.39 Å². The lowest BCUT2D eigenvalue weighted by Gasteiger charge is -2.28.